The van der Waals surface area contributed by atoms with E-state index in [2.05, 4.69) is 10.3 Å². The SMILES string of the molecule is CC(C)(C)OC(=O)CCC(=O)Nc1ccncc1C(N)=O. The molecule has 7 nitrogen and oxygen atoms in total. The van der Waals surface area contributed by atoms with Crippen molar-refractivity contribution < 1.29 is 19.1 Å². The van der Waals surface area contributed by atoms with Crippen molar-refractivity contribution in [1.82, 2.24) is 4.98 Å². The molecule has 0 atom stereocenters. The maximum atomic E-state index is 11.8. The zero-order chi connectivity index (χ0) is 16.0. The number of nitrogens with two attached hydrogens (primary N) is 1. The molecule has 1 aromatic heterocycles. The first-order chi connectivity index (χ1) is 9.69. The van der Waals surface area contributed by atoms with E-state index >= 15 is 0 Å². The Balaban J connectivity index is 2.55. The molecule has 7 heteroatoms. The molecule has 0 radical (unpaired) electrons. The lowest BCUT2D eigenvalue weighted by Gasteiger charge is -2.19. The van der Waals surface area contributed by atoms with Crippen LogP contribution in [0.4, 0.5) is 5.69 Å². The van der Waals surface area contributed by atoms with Gasteiger partial charge in [-0.2, -0.15) is 0 Å². The van der Waals surface area contributed by atoms with Crippen LogP contribution in [0.1, 0.15) is 44.0 Å². The summed E-state index contributed by atoms with van der Waals surface area (Å²) in [6.45, 7) is 5.25. The van der Waals surface area contributed by atoms with E-state index in [1.165, 1.54) is 18.5 Å². The molecule has 0 unspecified atom stereocenters. The van der Waals surface area contributed by atoms with E-state index in [0.29, 0.717) is 0 Å². The highest BCUT2D eigenvalue weighted by molar-refractivity contribution is 6.03. The van der Waals surface area contributed by atoms with E-state index in [1.54, 1.807) is 20.8 Å². The van der Waals surface area contributed by atoms with E-state index in [4.69, 9.17) is 10.5 Å². The van der Waals surface area contributed by atoms with Crippen LogP contribution in [0, 0.1) is 0 Å². The van der Waals surface area contributed by atoms with Crippen LogP contribution in [-0.2, 0) is 14.3 Å². The first-order valence-electron chi connectivity index (χ1n) is 6.44. The molecular weight excluding hydrogens is 274 g/mol. The van der Waals surface area contributed by atoms with Gasteiger partial charge in [-0.15, -0.1) is 0 Å². The van der Waals surface area contributed by atoms with Gasteiger partial charge in [-0.3, -0.25) is 19.4 Å². The Kier molecular flexibility index (Phi) is 5.40. The van der Waals surface area contributed by atoms with Crippen LogP contribution >= 0.6 is 0 Å². The summed E-state index contributed by atoms with van der Waals surface area (Å²) in [7, 11) is 0. The maximum absolute atomic E-state index is 11.8. The number of aromatic nitrogens is 1. The Hall–Kier alpha value is -2.44. The quantitative estimate of drug-likeness (QED) is 0.793. The summed E-state index contributed by atoms with van der Waals surface area (Å²) in [6, 6.07) is 1.46. The average molecular weight is 293 g/mol. The molecule has 0 spiro atoms. The standard InChI is InChI=1S/C14H19N3O4/c1-14(2,3)21-12(19)5-4-11(18)17-10-6-7-16-8-9(10)13(15)20/h6-8H,4-5H2,1-3H3,(H2,15,20)(H,16,17,18). The molecule has 21 heavy (non-hydrogen) atoms. The summed E-state index contributed by atoms with van der Waals surface area (Å²) < 4.78 is 5.10. The monoisotopic (exact) mass is 293 g/mol. The highest BCUT2D eigenvalue weighted by Gasteiger charge is 2.17. The van der Waals surface area contributed by atoms with Gasteiger partial charge in [0.05, 0.1) is 17.7 Å². The summed E-state index contributed by atoms with van der Waals surface area (Å²) in [5.41, 5.74) is 4.98. The number of amides is 2. The molecule has 0 fully saturated rings. The molecule has 0 aliphatic rings. The molecule has 1 heterocycles. The van der Waals surface area contributed by atoms with Crippen LogP contribution < -0.4 is 11.1 Å². The first kappa shape index (κ1) is 16.6. The molecule has 114 valence electrons. The number of nitrogens with one attached hydrogen (secondary N) is 1. The highest BCUT2D eigenvalue weighted by atomic mass is 16.6. The summed E-state index contributed by atoms with van der Waals surface area (Å²) in [6.07, 6.45) is 2.61. The number of primary amides is 1. The summed E-state index contributed by atoms with van der Waals surface area (Å²) in [4.78, 5) is 38.2. The first-order valence-corrected chi connectivity index (χ1v) is 6.44. The molecule has 1 aromatic rings. The van der Waals surface area contributed by atoms with Gasteiger partial charge in [0.15, 0.2) is 0 Å². The molecule has 0 aromatic carbocycles. The van der Waals surface area contributed by atoms with Crippen molar-refractivity contribution in [2.75, 3.05) is 5.32 Å². The third-order valence-electron chi connectivity index (χ3n) is 2.34. The summed E-state index contributed by atoms with van der Waals surface area (Å²) in [5.74, 6) is -1.55. The second kappa shape index (κ2) is 6.83. The van der Waals surface area contributed by atoms with Crippen molar-refractivity contribution in [1.29, 1.82) is 0 Å². The zero-order valence-corrected chi connectivity index (χ0v) is 12.3. The maximum Gasteiger partial charge on any atom is 0.306 e. The molecule has 1 rings (SSSR count). The van der Waals surface area contributed by atoms with Crippen molar-refractivity contribution in [2.24, 2.45) is 5.73 Å². The number of nitrogens with zero attached hydrogens (tertiary/aromatic N) is 1. The second-order valence-electron chi connectivity index (χ2n) is 5.42. The van der Waals surface area contributed by atoms with Gasteiger partial charge in [-0.1, -0.05) is 0 Å². The number of pyridine rings is 1. The highest BCUT2D eigenvalue weighted by Crippen LogP contribution is 2.14. The van der Waals surface area contributed by atoms with Gasteiger partial charge in [0.25, 0.3) is 5.91 Å². The van der Waals surface area contributed by atoms with Crippen LogP contribution in [0.2, 0.25) is 0 Å². The fourth-order valence-corrected chi connectivity index (χ4v) is 1.52. The van der Waals surface area contributed by atoms with Crippen LogP contribution in [0.5, 0.6) is 0 Å². The van der Waals surface area contributed by atoms with Gasteiger partial charge in [-0.05, 0) is 26.8 Å². The number of esters is 1. The molecule has 3 N–H and O–H groups in total. The molecule has 0 saturated heterocycles. The van der Waals surface area contributed by atoms with E-state index < -0.39 is 23.4 Å². The Morgan fingerprint density at radius 2 is 1.95 bits per heavy atom. The Morgan fingerprint density at radius 3 is 2.52 bits per heavy atom. The Morgan fingerprint density at radius 1 is 1.29 bits per heavy atom. The Labute approximate surface area is 122 Å². The van der Waals surface area contributed by atoms with Crippen molar-refractivity contribution in [2.45, 2.75) is 39.2 Å². The lowest BCUT2D eigenvalue weighted by atomic mass is 10.2. The number of carbonyl (C=O) groups is 3. The fraction of sp³-hybridized carbons (Fsp3) is 0.429. The molecule has 2 amide bonds. The van der Waals surface area contributed by atoms with Crippen LogP contribution in [0.15, 0.2) is 18.5 Å². The van der Waals surface area contributed by atoms with Crippen LogP contribution in [0.3, 0.4) is 0 Å². The van der Waals surface area contributed by atoms with Gasteiger partial charge in [0, 0.05) is 18.8 Å². The number of rotatable bonds is 5. The topological polar surface area (TPSA) is 111 Å². The number of anilines is 1. The van der Waals surface area contributed by atoms with Crippen LogP contribution in [0.25, 0.3) is 0 Å². The zero-order valence-electron chi connectivity index (χ0n) is 12.3. The van der Waals surface area contributed by atoms with Gasteiger partial charge in [0.2, 0.25) is 5.91 Å². The van der Waals surface area contributed by atoms with E-state index in [-0.39, 0.29) is 24.1 Å². The minimum absolute atomic E-state index is 0.0416. The predicted octanol–water partition coefficient (Wildman–Crippen LogP) is 1.24. The number of hydrogen-bond donors (Lipinski definition) is 2. The van der Waals surface area contributed by atoms with Crippen molar-refractivity contribution in [3.05, 3.63) is 24.0 Å². The lowest BCUT2D eigenvalue weighted by molar-refractivity contribution is -0.155. The average Bonchev–Trinajstić information content (AvgIpc) is 2.35. The van der Waals surface area contributed by atoms with Gasteiger partial charge in [0.1, 0.15) is 5.60 Å². The van der Waals surface area contributed by atoms with E-state index in [0.717, 1.165) is 0 Å². The largest absolute Gasteiger partial charge is 0.460 e. The van der Waals surface area contributed by atoms with Gasteiger partial charge < -0.3 is 15.8 Å². The van der Waals surface area contributed by atoms with Crippen molar-refractivity contribution >= 4 is 23.5 Å². The second-order valence-corrected chi connectivity index (χ2v) is 5.42. The third kappa shape index (κ3) is 6.03. The molecule has 0 bridgehead atoms. The normalized spacial score (nSPS) is 10.8. The van der Waals surface area contributed by atoms with Gasteiger partial charge in [-0.25, -0.2) is 0 Å². The van der Waals surface area contributed by atoms with E-state index in [1.807, 2.05) is 0 Å². The third-order valence-corrected chi connectivity index (χ3v) is 2.34. The fourth-order valence-electron chi connectivity index (χ4n) is 1.52. The smallest absolute Gasteiger partial charge is 0.306 e. The van der Waals surface area contributed by atoms with Crippen molar-refractivity contribution in [3.63, 3.8) is 0 Å². The summed E-state index contributed by atoms with van der Waals surface area (Å²) >= 11 is 0. The summed E-state index contributed by atoms with van der Waals surface area (Å²) in [5, 5.41) is 2.52. The van der Waals surface area contributed by atoms with Crippen molar-refractivity contribution in [3.8, 4) is 0 Å². The predicted molar refractivity (Wildman–Crippen MR) is 76.5 cm³/mol. The van der Waals surface area contributed by atoms with Gasteiger partial charge >= 0.3 is 5.97 Å². The number of carbonyl (C=O) groups excluding carboxylic acids is 3. The minimum atomic E-state index is -0.689. The van der Waals surface area contributed by atoms with E-state index in [9.17, 15) is 14.4 Å². The minimum Gasteiger partial charge on any atom is -0.460 e. The number of ether oxygens (including phenoxy) is 1. The molecule has 0 saturated carbocycles. The number of hydrogen-bond acceptors (Lipinski definition) is 5. The lowest BCUT2D eigenvalue weighted by Crippen LogP contribution is -2.25. The molecular formula is C14H19N3O4. The molecule has 0 aliphatic heterocycles. The Bertz CT molecular complexity index is 549. The van der Waals surface area contributed by atoms with Crippen LogP contribution in [-0.4, -0.2) is 28.4 Å². The molecule has 0 aliphatic carbocycles.